The molecule has 0 saturated carbocycles. The summed E-state index contributed by atoms with van der Waals surface area (Å²) in [5.41, 5.74) is 0.185. The van der Waals surface area contributed by atoms with E-state index in [2.05, 4.69) is 10.3 Å². The highest BCUT2D eigenvalue weighted by atomic mass is 16.6. The van der Waals surface area contributed by atoms with Crippen LogP contribution in [0.2, 0.25) is 0 Å². The van der Waals surface area contributed by atoms with E-state index in [0.29, 0.717) is 12.2 Å². The molecule has 1 heterocycles. The third kappa shape index (κ3) is 3.93. The molecular formula is C9H14N2O3. The van der Waals surface area contributed by atoms with Crippen LogP contribution in [0, 0.1) is 0 Å². The van der Waals surface area contributed by atoms with E-state index in [0.717, 1.165) is 0 Å². The number of hydrogen-bond acceptors (Lipinski definition) is 4. The standard InChI is InChI=1S/C9H14N2O3/c1-9(2,3)14-8(12)10-4-7-5-13-6-11-7/h5-6H,4H2,1-3H3,(H,10,12). The molecule has 1 amide bonds. The topological polar surface area (TPSA) is 64.4 Å². The molecule has 14 heavy (non-hydrogen) atoms. The smallest absolute Gasteiger partial charge is 0.407 e. The fraction of sp³-hybridized carbons (Fsp3) is 0.556. The Kier molecular flexibility index (Phi) is 3.11. The zero-order chi connectivity index (χ0) is 10.6. The van der Waals surface area contributed by atoms with Crippen LogP contribution >= 0.6 is 0 Å². The summed E-state index contributed by atoms with van der Waals surface area (Å²) in [5, 5.41) is 2.56. The van der Waals surface area contributed by atoms with E-state index in [4.69, 9.17) is 9.15 Å². The van der Waals surface area contributed by atoms with Crippen molar-refractivity contribution >= 4 is 6.09 Å². The average molecular weight is 198 g/mol. The molecule has 78 valence electrons. The lowest BCUT2D eigenvalue weighted by molar-refractivity contribution is 0.0523. The second-order valence-corrected chi connectivity index (χ2v) is 3.84. The lowest BCUT2D eigenvalue weighted by atomic mass is 10.2. The fourth-order valence-electron chi connectivity index (χ4n) is 0.802. The molecule has 0 aliphatic heterocycles. The van der Waals surface area contributed by atoms with Crippen LogP contribution in [0.1, 0.15) is 26.5 Å². The maximum atomic E-state index is 11.2. The Labute approximate surface area is 82.5 Å². The SMILES string of the molecule is CC(C)(C)OC(=O)NCc1cocn1. The monoisotopic (exact) mass is 198 g/mol. The van der Waals surface area contributed by atoms with Gasteiger partial charge in [0.1, 0.15) is 11.9 Å². The van der Waals surface area contributed by atoms with E-state index in [1.54, 1.807) is 0 Å². The molecule has 1 aromatic heterocycles. The first-order chi connectivity index (χ1) is 6.47. The van der Waals surface area contributed by atoms with Crippen molar-refractivity contribution in [1.29, 1.82) is 0 Å². The summed E-state index contributed by atoms with van der Waals surface area (Å²) in [4.78, 5) is 15.0. The molecule has 0 aliphatic rings. The summed E-state index contributed by atoms with van der Waals surface area (Å²) in [5.74, 6) is 0. The molecule has 0 aliphatic carbocycles. The molecule has 0 spiro atoms. The molecule has 0 aromatic carbocycles. The van der Waals surface area contributed by atoms with Gasteiger partial charge in [0.05, 0.1) is 12.2 Å². The molecule has 0 bridgehead atoms. The Balaban J connectivity index is 2.29. The van der Waals surface area contributed by atoms with Gasteiger partial charge in [0.2, 0.25) is 0 Å². The second-order valence-electron chi connectivity index (χ2n) is 3.84. The van der Waals surface area contributed by atoms with Gasteiger partial charge in [-0.2, -0.15) is 0 Å². The number of aromatic nitrogens is 1. The number of carbonyl (C=O) groups is 1. The molecule has 1 N–H and O–H groups in total. The van der Waals surface area contributed by atoms with Crippen molar-refractivity contribution in [2.45, 2.75) is 32.9 Å². The van der Waals surface area contributed by atoms with Gasteiger partial charge in [-0.25, -0.2) is 9.78 Å². The van der Waals surface area contributed by atoms with Crippen LogP contribution in [0.5, 0.6) is 0 Å². The van der Waals surface area contributed by atoms with Crippen molar-refractivity contribution < 1.29 is 13.9 Å². The number of amides is 1. The van der Waals surface area contributed by atoms with Gasteiger partial charge in [-0.1, -0.05) is 0 Å². The third-order valence-electron chi connectivity index (χ3n) is 1.30. The van der Waals surface area contributed by atoms with Gasteiger partial charge in [-0.15, -0.1) is 0 Å². The van der Waals surface area contributed by atoms with Crippen molar-refractivity contribution in [1.82, 2.24) is 10.3 Å². The van der Waals surface area contributed by atoms with Gasteiger partial charge in [0.15, 0.2) is 6.39 Å². The van der Waals surface area contributed by atoms with Crippen molar-refractivity contribution in [3.8, 4) is 0 Å². The van der Waals surface area contributed by atoms with Crippen LogP contribution < -0.4 is 5.32 Å². The Bertz CT molecular complexity index is 288. The van der Waals surface area contributed by atoms with E-state index in [-0.39, 0.29) is 0 Å². The summed E-state index contributed by atoms with van der Waals surface area (Å²) >= 11 is 0. The zero-order valence-electron chi connectivity index (χ0n) is 8.53. The van der Waals surface area contributed by atoms with E-state index in [9.17, 15) is 4.79 Å². The predicted molar refractivity (Wildman–Crippen MR) is 49.6 cm³/mol. The maximum Gasteiger partial charge on any atom is 0.407 e. The number of alkyl carbamates (subject to hydrolysis) is 1. The molecule has 0 radical (unpaired) electrons. The van der Waals surface area contributed by atoms with Gasteiger partial charge >= 0.3 is 6.09 Å². The van der Waals surface area contributed by atoms with Gasteiger partial charge in [-0.3, -0.25) is 0 Å². The third-order valence-corrected chi connectivity index (χ3v) is 1.30. The first-order valence-electron chi connectivity index (χ1n) is 4.31. The highest BCUT2D eigenvalue weighted by Gasteiger charge is 2.15. The fourth-order valence-corrected chi connectivity index (χ4v) is 0.802. The largest absolute Gasteiger partial charge is 0.451 e. The van der Waals surface area contributed by atoms with Crippen LogP contribution in [0.3, 0.4) is 0 Å². The normalized spacial score (nSPS) is 11.1. The number of nitrogens with zero attached hydrogens (tertiary/aromatic N) is 1. The molecule has 1 aromatic rings. The molecule has 5 nitrogen and oxygen atoms in total. The molecule has 0 saturated heterocycles. The van der Waals surface area contributed by atoms with Gasteiger partial charge in [0.25, 0.3) is 0 Å². The van der Waals surface area contributed by atoms with E-state index in [1.165, 1.54) is 12.7 Å². The second kappa shape index (κ2) is 4.13. The quantitative estimate of drug-likeness (QED) is 0.785. The highest BCUT2D eigenvalue weighted by molar-refractivity contribution is 5.67. The molecule has 0 fully saturated rings. The predicted octanol–water partition coefficient (Wildman–Crippen LogP) is 1.70. The van der Waals surface area contributed by atoms with Gasteiger partial charge in [0, 0.05) is 0 Å². The molecular weight excluding hydrogens is 184 g/mol. The Morgan fingerprint density at radius 1 is 1.64 bits per heavy atom. The summed E-state index contributed by atoms with van der Waals surface area (Å²) in [6.07, 6.45) is 2.32. The summed E-state index contributed by atoms with van der Waals surface area (Å²) in [7, 11) is 0. The van der Waals surface area contributed by atoms with E-state index >= 15 is 0 Å². The Morgan fingerprint density at radius 2 is 2.36 bits per heavy atom. The molecule has 0 atom stereocenters. The Hall–Kier alpha value is -1.52. The number of hydrogen-bond donors (Lipinski definition) is 1. The number of nitrogens with one attached hydrogen (secondary N) is 1. The summed E-state index contributed by atoms with van der Waals surface area (Å²) < 4.78 is 9.77. The lowest BCUT2D eigenvalue weighted by Gasteiger charge is -2.19. The zero-order valence-corrected chi connectivity index (χ0v) is 8.53. The summed E-state index contributed by atoms with van der Waals surface area (Å²) in [6, 6.07) is 0. The lowest BCUT2D eigenvalue weighted by Crippen LogP contribution is -2.32. The van der Waals surface area contributed by atoms with Crippen LogP contribution in [0.25, 0.3) is 0 Å². The van der Waals surface area contributed by atoms with Crippen LogP contribution in [-0.2, 0) is 11.3 Å². The van der Waals surface area contributed by atoms with Crippen LogP contribution in [0.15, 0.2) is 17.1 Å². The minimum atomic E-state index is -0.478. The minimum Gasteiger partial charge on any atom is -0.451 e. The highest BCUT2D eigenvalue weighted by Crippen LogP contribution is 2.06. The first kappa shape index (κ1) is 10.6. The van der Waals surface area contributed by atoms with Crippen molar-refractivity contribution in [2.75, 3.05) is 0 Å². The van der Waals surface area contributed by atoms with Crippen molar-refractivity contribution in [3.63, 3.8) is 0 Å². The summed E-state index contributed by atoms with van der Waals surface area (Å²) in [6.45, 7) is 5.74. The van der Waals surface area contributed by atoms with E-state index in [1.807, 2.05) is 20.8 Å². The maximum absolute atomic E-state index is 11.2. The minimum absolute atomic E-state index is 0.311. The molecule has 0 unspecified atom stereocenters. The van der Waals surface area contributed by atoms with Crippen LogP contribution in [-0.4, -0.2) is 16.7 Å². The first-order valence-corrected chi connectivity index (χ1v) is 4.31. The number of rotatable bonds is 2. The van der Waals surface area contributed by atoms with Crippen molar-refractivity contribution in [2.24, 2.45) is 0 Å². The van der Waals surface area contributed by atoms with Crippen molar-refractivity contribution in [3.05, 3.63) is 18.4 Å². The molecule has 1 rings (SSSR count). The number of carbonyl (C=O) groups excluding carboxylic acids is 1. The molecule has 5 heteroatoms. The average Bonchev–Trinajstić information content (AvgIpc) is 2.49. The van der Waals surface area contributed by atoms with Crippen LogP contribution in [0.4, 0.5) is 4.79 Å². The number of oxazole rings is 1. The van der Waals surface area contributed by atoms with E-state index < -0.39 is 11.7 Å². The van der Waals surface area contributed by atoms with Gasteiger partial charge in [-0.05, 0) is 20.8 Å². The number of ether oxygens (including phenoxy) is 1. The Morgan fingerprint density at radius 3 is 2.86 bits per heavy atom. The van der Waals surface area contributed by atoms with Gasteiger partial charge < -0.3 is 14.5 Å².